The molecule has 5 nitrogen and oxygen atoms in total. The van der Waals surface area contributed by atoms with Gasteiger partial charge in [-0.3, -0.25) is 4.57 Å². The van der Waals surface area contributed by atoms with Crippen LogP contribution < -0.4 is 35.3 Å². The summed E-state index contributed by atoms with van der Waals surface area (Å²) in [5, 5.41) is 7.73. The van der Waals surface area contributed by atoms with E-state index in [9.17, 15) is 0 Å². The minimum Gasteiger partial charge on any atom is -0.457 e. The molecule has 9 aromatic carbocycles. The Kier molecular flexibility index (Phi) is 12.6. The second kappa shape index (κ2) is 19.5. The van der Waals surface area contributed by atoms with E-state index in [0.717, 1.165) is 50.4 Å². The first-order valence-electron chi connectivity index (χ1n) is 27.4. The minimum atomic E-state index is -2.67. The van der Waals surface area contributed by atoms with Gasteiger partial charge in [-0.25, -0.2) is 4.98 Å². The number of hydrogen-bond acceptors (Lipinski definition) is 4. The van der Waals surface area contributed by atoms with Crippen LogP contribution >= 0.6 is 0 Å². The Morgan fingerprint density at radius 3 is 1.49 bits per heavy atom. The van der Waals surface area contributed by atoms with Crippen LogP contribution in [-0.4, -0.2) is 24.3 Å². The zero-order chi connectivity index (χ0) is 54.0. The van der Waals surface area contributed by atoms with Crippen molar-refractivity contribution in [2.45, 2.75) is 78.6 Å². The highest BCUT2D eigenvalue weighted by atomic mass is 28.3. The van der Waals surface area contributed by atoms with Gasteiger partial charge in [0.05, 0.1) is 22.4 Å². The number of aromatic nitrogens is 2. The maximum absolute atomic E-state index is 6.91. The van der Waals surface area contributed by atoms with Crippen molar-refractivity contribution >= 4 is 73.4 Å². The smallest absolute Gasteiger partial charge is 0.179 e. The molecule has 3 heterocycles. The van der Waals surface area contributed by atoms with E-state index in [1.807, 2.05) is 6.20 Å². The molecule has 78 heavy (non-hydrogen) atoms. The fourth-order valence-corrected chi connectivity index (χ4v) is 16.4. The van der Waals surface area contributed by atoms with E-state index in [-0.39, 0.29) is 16.2 Å². The van der Waals surface area contributed by atoms with Crippen molar-refractivity contribution in [3.05, 3.63) is 253 Å². The molecule has 0 radical (unpaired) electrons. The Labute approximate surface area is 462 Å². The maximum Gasteiger partial charge on any atom is 0.179 e. The normalized spacial score (nSPS) is 13.1. The number of anilines is 4. The van der Waals surface area contributed by atoms with E-state index < -0.39 is 8.07 Å². The molecule has 0 spiro atoms. The third-order valence-corrected chi connectivity index (χ3v) is 20.7. The third-order valence-electron chi connectivity index (χ3n) is 15.9. The molecule has 2 aromatic heterocycles. The highest BCUT2D eigenvalue weighted by Crippen LogP contribution is 2.47. The Hall–Kier alpha value is -8.45. The largest absolute Gasteiger partial charge is 0.457 e. The molecule has 0 unspecified atom stereocenters. The highest BCUT2D eigenvalue weighted by molar-refractivity contribution is 7.19. The van der Waals surface area contributed by atoms with Gasteiger partial charge in [0.2, 0.25) is 0 Å². The van der Waals surface area contributed by atoms with Gasteiger partial charge >= 0.3 is 0 Å². The summed E-state index contributed by atoms with van der Waals surface area (Å²) in [7, 11) is -2.67. The van der Waals surface area contributed by atoms with Crippen LogP contribution in [0.5, 0.6) is 11.5 Å². The molecule has 6 heteroatoms. The summed E-state index contributed by atoms with van der Waals surface area (Å²) in [5.74, 6) is 2.40. The van der Waals surface area contributed by atoms with E-state index in [4.69, 9.17) is 9.72 Å². The van der Waals surface area contributed by atoms with Gasteiger partial charge in [0.15, 0.2) is 8.07 Å². The highest BCUT2D eigenvalue weighted by Gasteiger charge is 2.41. The van der Waals surface area contributed by atoms with Gasteiger partial charge in [0.25, 0.3) is 0 Å². The molecule has 386 valence electrons. The van der Waals surface area contributed by atoms with Crippen LogP contribution in [0.4, 0.5) is 22.7 Å². The predicted molar refractivity (Wildman–Crippen MR) is 332 cm³/mol. The average molecular weight is 1030 g/mol. The van der Waals surface area contributed by atoms with Gasteiger partial charge in [-0.2, -0.15) is 0 Å². The van der Waals surface area contributed by atoms with Crippen LogP contribution in [0.15, 0.2) is 237 Å². The monoisotopic (exact) mass is 1030 g/mol. The minimum absolute atomic E-state index is 0.00650. The Balaban J connectivity index is 0.919. The van der Waals surface area contributed by atoms with Crippen molar-refractivity contribution in [1.29, 1.82) is 0 Å². The molecule has 1 aliphatic rings. The zero-order valence-electron chi connectivity index (χ0n) is 46.4. The zero-order valence-corrected chi connectivity index (χ0v) is 47.4. The van der Waals surface area contributed by atoms with E-state index in [1.165, 1.54) is 60.1 Å². The topological polar surface area (TPSA) is 33.5 Å². The number of hydrogen-bond donors (Lipinski definition) is 0. The van der Waals surface area contributed by atoms with E-state index in [0.29, 0.717) is 6.67 Å². The van der Waals surface area contributed by atoms with Gasteiger partial charge in [0, 0.05) is 40.5 Å². The number of fused-ring (bicyclic) bond motifs is 4. The summed E-state index contributed by atoms with van der Waals surface area (Å²) in [6, 6.07) is 85.0. The lowest BCUT2D eigenvalue weighted by atomic mass is 9.80. The van der Waals surface area contributed by atoms with Crippen LogP contribution in [0.25, 0.3) is 38.8 Å². The van der Waals surface area contributed by atoms with Crippen LogP contribution in [0.3, 0.4) is 0 Å². The molecule has 0 saturated carbocycles. The van der Waals surface area contributed by atoms with Gasteiger partial charge in [-0.15, -0.1) is 0 Å². The molecule has 0 amide bonds. The molecule has 0 atom stereocenters. The number of nitrogens with zero attached hydrogens (tertiary/aromatic N) is 4. The Bertz CT molecular complexity index is 3850. The van der Waals surface area contributed by atoms with Gasteiger partial charge in [-0.1, -0.05) is 208 Å². The standard InChI is InChI=1S/C72H68N4OSi/c1-70(2,3)52-40-41-73-69(46-52)76-65-39-34-51(50-32-36-62(37-33-50)78(59-24-13-10-14-25-59,60-26-15-11-16-27-60)61-28-17-12-18-29-61)42-64(65)63-38-35-58(48-68(63)76)77-57-23-21-22-55(47-57)74-49-75(67-31-20-19-30-66(67)74)56-44-53(71(4,5)6)43-54(45-56)72(7,8)9/h10-48H,49H2,1-9H3. The van der Waals surface area contributed by atoms with E-state index in [1.54, 1.807) is 0 Å². The second-order valence-corrected chi connectivity index (χ2v) is 28.0. The Morgan fingerprint density at radius 2 is 0.910 bits per heavy atom. The second-order valence-electron chi connectivity index (χ2n) is 24.2. The molecule has 0 bridgehead atoms. The lowest BCUT2D eigenvalue weighted by Gasteiger charge is -2.34. The molecule has 11 aromatic rings. The lowest BCUT2D eigenvalue weighted by Crippen LogP contribution is -2.74. The summed E-state index contributed by atoms with van der Waals surface area (Å²) in [6.07, 6.45) is 1.95. The van der Waals surface area contributed by atoms with Crippen molar-refractivity contribution in [3.8, 4) is 28.4 Å². The van der Waals surface area contributed by atoms with Crippen molar-refractivity contribution < 1.29 is 4.74 Å². The number of rotatable bonds is 10. The summed E-state index contributed by atoms with van der Waals surface area (Å²) < 4.78 is 9.22. The summed E-state index contributed by atoms with van der Waals surface area (Å²) in [5.41, 5.74) is 12.9. The van der Waals surface area contributed by atoms with Crippen LogP contribution in [-0.2, 0) is 16.2 Å². The Morgan fingerprint density at radius 1 is 0.385 bits per heavy atom. The van der Waals surface area contributed by atoms with Crippen molar-refractivity contribution in [1.82, 2.24) is 9.55 Å². The molecular formula is C72H68N4OSi. The summed E-state index contributed by atoms with van der Waals surface area (Å²) in [6.45, 7) is 21.3. The maximum atomic E-state index is 6.91. The van der Waals surface area contributed by atoms with Crippen molar-refractivity contribution in [2.75, 3.05) is 16.5 Å². The van der Waals surface area contributed by atoms with Gasteiger partial charge < -0.3 is 14.5 Å². The number of pyridine rings is 1. The van der Waals surface area contributed by atoms with Crippen LogP contribution in [0.2, 0.25) is 0 Å². The van der Waals surface area contributed by atoms with Crippen molar-refractivity contribution in [2.24, 2.45) is 0 Å². The first kappa shape index (κ1) is 50.4. The fraction of sp³-hybridized carbons (Fsp3) is 0.181. The summed E-state index contributed by atoms with van der Waals surface area (Å²) >= 11 is 0. The van der Waals surface area contributed by atoms with E-state index in [2.05, 4.69) is 307 Å². The number of para-hydroxylation sites is 2. The quantitative estimate of drug-likeness (QED) is 0.101. The molecule has 0 N–H and O–H groups in total. The molecule has 1 aliphatic heterocycles. The first-order valence-corrected chi connectivity index (χ1v) is 29.4. The summed E-state index contributed by atoms with van der Waals surface area (Å²) in [4.78, 5) is 9.91. The van der Waals surface area contributed by atoms with E-state index >= 15 is 0 Å². The molecule has 0 aliphatic carbocycles. The number of ether oxygens (including phenoxy) is 1. The lowest BCUT2D eigenvalue weighted by molar-refractivity contribution is 0.483. The predicted octanol–water partition coefficient (Wildman–Crippen LogP) is 16.2. The number of benzene rings is 9. The average Bonchev–Trinajstić information content (AvgIpc) is 4.17. The van der Waals surface area contributed by atoms with Crippen LogP contribution in [0.1, 0.15) is 79.0 Å². The van der Waals surface area contributed by atoms with Gasteiger partial charge in [-0.05, 0) is 138 Å². The SMILES string of the molecule is CC(C)(C)c1cc(N2CN(c3cccc(Oc4ccc5c6cc(-c7ccc([Si](c8ccccc8)(c8ccccc8)c8ccccc8)cc7)ccc6n(-c6cc(C(C)(C)C)ccn6)c5c4)c3)c3ccccc32)cc(C(C)(C)C)c1. The van der Waals surface area contributed by atoms with Crippen molar-refractivity contribution in [3.63, 3.8) is 0 Å². The van der Waals surface area contributed by atoms with Gasteiger partial charge in [0.1, 0.15) is 24.0 Å². The molecule has 12 rings (SSSR count). The third kappa shape index (κ3) is 9.18. The first-order chi connectivity index (χ1) is 37.5. The molecule has 0 saturated heterocycles. The molecule has 0 fully saturated rings. The molecular weight excluding hydrogens is 965 g/mol. The van der Waals surface area contributed by atoms with Crippen LogP contribution in [0, 0.1) is 0 Å². The fourth-order valence-electron chi connectivity index (χ4n) is 11.6.